The van der Waals surface area contributed by atoms with Gasteiger partial charge in [-0.2, -0.15) is 0 Å². The van der Waals surface area contributed by atoms with Crippen LogP contribution in [0.25, 0.3) is 0 Å². The number of ether oxygens (including phenoxy) is 1. The third-order valence-corrected chi connectivity index (χ3v) is 2.69. The third kappa shape index (κ3) is 4.41. The summed E-state index contributed by atoms with van der Waals surface area (Å²) in [5.41, 5.74) is 0.910. The fraction of sp³-hybridized carbons (Fsp3) is 0.357. The van der Waals surface area contributed by atoms with Crippen molar-refractivity contribution in [3.63, 3.8) is 0 Å². The van der Waals surface area contributed by atoms with E-state index in [-0.39, 0.29) is 5.91 Å². The van der Waals surface area contributed by atoms with Crippen LogP contribution in [0.5, 0.6) is 5.75 Å². The van der Waals surface area contributed by atoms with Crippen LogP contribution in [0, 0.1) is 6.92 Å². The van der Waals surface area contributed by atoms with Gasteiger partial charge in [0, 0.05) is 11.6 Å². The van der Waals surface area contributed by atoms with E-state index >= 15 is 0 Å². The lowest BCUT2D eigenvalue weighted by molar-refractivity contribution is -0.127. The number of rotatable bonds is 6. The van der Waals surface area contributed by atoms with Gasteiger partial charge in [-0.25, -0.2) is 0 Å². The molecular formula is C14H18ClNO2. The van der Waals surface area contributed by atoms with Crippen LogP contribution in [0.15, 0.2) is 30.9 Å². The lowest BCUT2D eigenvalue weighted by atomic mass is 10.2. The van der Waals surface area contributed by atoms with Crippen molar-refractivity contribution < 1.29 is 9.53 Å². The molecule has 1 unspecified atom stereocenters. The number of carbonyl (C=O) groups is 1. The first-order chi connectivity index (χ1) is 8.54. The third-order valence-electron chi connectivity index (χ3n) is 2.46. The Morgan fingerprint density at radius 2 is 2.33 bits per heavy atom. The van der Waals surface area contributed by atoms with Crippen LogP contribution in [0.3, 0.4) is 0 Å². The molecular weight excluding hydrogens is 250 g/mol. The topological polar surface area (TPSA) is 38.3 Å². The lowest BCUT2D eigenvalue weighted by Crippen LogP contribution is -2.36. The molecule has 0 bridgehead atoms. The highest BCUT2D eigenvalue weighted by atomic mass is 35.5. The smallest absolute Gasteiger partial charge is 0.260 e. The van der Waals surface area contributed by atoms with Crippen molar-refractivity contribution >= 4 is 17.5 Å². The van der Waals surface area contributed by atoms with Crippen LogP contribution in [-0.4, -0.2) is 18.6 Å². The Balaban J connectivity index is 2.55. The van der Waals surface area contributed by atoms with E-state index in [9.17, 15) is 4.79 Å². The molecule has 1 amide bonds. The summed E-state index contributed by atoms with van der Waals surface area (Å²) >= 11 is 5.86. The van der Waals surface area contributed by atoms with E-state index in [0.717, 1.165) is 12.0 Å². The summed E-state index contributed by atoms with van der Waals surface area (Å²) < 4.78 is 5.60. The van der Waals surface area contributed by atoms with E-state index in [0.29, 0.717) is 17.3 Å². The molecule has 0 spiro atoms. The molecule has 98 valence electrons. The molecule has 4 heteroatoms. The number of aryl methyl sites for hydroxylation is 1. The summed E-state index contributed by atoms with van der Waals surface area (Å²) in [4.78, 5) is 11.7. The standard InChI is InChI=1S/C14H18ClNO2/c1-4-5-8-16-14(17)11(3)18-13-7-6-12(15)9-10(13)2/h4,6-7,9,11H,1,5,8H2,2-3H3,(H,16,17). The Hall–Kier alpha value is -1.48. The maximum atomic E-state index is 11.7. The Kier molecular flexibility index (Phi) is 5.72. The van der Waals surface area contributed by atoms with E-state index in [2.05, 4.69) is 11.9 Å². The molecule has 3 nitrogen and oxygen atoms in total. The summed E-state index contributed by atoms with van der Waals surface area (Å²) in [5, 5.41) is 3.43. The molecule has 0 heterocycles. The van der Waals surface area contributed by atoms with Gasteiger partial charge in [0.05, 0.1) is 0 Å². The molecule has 0 radical (unpaired) electrons. The van der Waals surface area contributed by atoms with Crippen LogP contribution < -0.4 is 10.1 Å². The maximum Gasteiger partial charge on any atom is 0.260 e. The first-order valence-electron chi connectivity index (χ1n) is 5.86. The molecule has 1 rings (SSSR count). The quantitative estimate of drug-likeness (QED) is 0.635. The molecule has 0 aromatic heterocycles. The maximum absolute atomic E-state index is 11.7. The van der Waals surface area contributed by atoms with Crippen molar-refractivity contribution in [2.24, 2.45) is 0 Å². The van der Waals surface area contributed by atoms with Crippen LogP contribution in [-0.2, 0) is 4.79 Å². The van der Waals surface area contributed by atoms with Crippen molar-refractivity contribution in [1.29, 1.82) is 0 Å². The van der Waals surface area contributed by atoms with Gasteiger partial charge in [0.1, 0.15) is 5.75 Å². The van der Waals surface area contributed by atoms with E-state index in [1.54, 1.807) is 31.2 Å². The van der Waals surface area contributed by atoms with Gasteiger partial charge in [-0.1, -0.05) is 17.7 Å². The van der Waals surface area contributed by atoms with Crippen molar-refractivity contribution in [2.75, 3.05) is 6.54 Å². The van der Waals surface area contributed by atoms with E-state index in [1.807, 2.05) is 6.92 Å². The fourth-order valence-corrected chi connectivity index (χ4v) is 1.66. The molecule has 0 aliphatic heterocycles. The average Bonchev–Trinajstić information content (AvgIpc) is 2.32. The Morgan fingerprint density at radius 1 is 1.61 bits per heavy atom. The minimum atomic E-state index is -0.533. The van der Waals surface area contributed by atoms with Crippen LogP contribution in [0.1, 0.15) is 18.9 Å². The van der Waals surface area contributed by atoms with Gasteiger partial charge < -0.3 is 10.1 Å². The second kappa shape index (κ2) is 7.07. The van der Waals surface area contributed by atoms with E-state index in [1.165, 1.54) is 0 Å². The zero-order valence-corrected chi connectivity index (χ0v) is 11.5. The number of halogens is 1. The first-order valence-corrected chi connectivity index (χ1v) is 6.24. The monoisotopic (exact) mass is 267 g/mol. The molecule has 0 saturated carbocycles. The zero-order valence-electron chi connectivity index (χ0n) is 10.7. The van der Waals surface area contributed by atoms with Crippen LogP contribution in [0.2, 0.25) is 5.02 Å². The van der Waals surface area contributed by atoms with Crippen molar-refractivity contribution in [1.82, 2.24) is 5.32 Å². The molecule has 0 aliphatic rings. The number of nitrogens with one attached hydrogen (secondary N) is 1. The number of carbonyl (C=O) groups excluding carboxylic acids is 1. The van der Waals surface area contributed by atoms with Gasteiger partial charge in [0.25, 0.3) is 5.91 Å². The van der Waals surface area contributed by atoms with Crippen molar-refractivity contribution in [2.45, 2.75) is 26.4 Å². The normalized spacial score (nSPS) is 11.7. The Labute approximate surface area is 113 Å². The summed E-state index contributed by atoms with van der Waals surface area (Å²) in [7, 11) is 0. The van der Waals surface area contributed by atoms with E-state index < -0.39 is 6.10 Å². The summed E-state index contributed by atoms with van der Waals surface area (Å²) in [6.07, 6.45) is 1.97. The number of benzene rings is 1. The molecule has 1 N–H and O–H groups in total. The van der Waals surface area contributed by atoms with Gasteiger partial charge in [-0.3, -0.25) is 4.79 Å². The SMILES string of the molecule is C=CCCNC(=O)C(C)Oc1ccc(Cl)cc1C. The molecule has 1 aromatic rings. The van der Waals surface area contributed by atoms with Gasteiger partial charge in [0.15, 0.2) is 6.10 Å². The highest BCUT2D eigenvalue weighted by molar-refractivity contribution is 6.30. The van der Waals surface area contributed by atoms with Crippen LogP contribution >= 0.6 is 11.6 Å². The van der Waals surface area contributed by atoms with Gasteiger partial charge in [-0.05, 0) is 44.0 Å². The highest BCUT2D eigenvalue weighted by Crippen LogP contribution is 2.22. The Morgan fingerprint density at radius 3 is 2.94 bits per heavy atom. The lowest BCUT2D eigenvalue weighted by Gasteiger charge is -2.16. The van der Waals surface area contributed by atoms with E-state index in [4.69, 9.17) is 16.3 Å². The number of hydrogen-bond acceptors (Lipinski definition) is 2. The predicted octanol–water partition coefficient (Wildman–Crippen LogP) is 3.11. The predicted molar refractivity (Wildman–Crippen MR) is 74.1 cm³/mol. The second-order valence-electron chi connectivity index (χ2n) is 4.04. The molecule has 0 saturated heterocycles. The summed E-state index contributed by atoms with van der Waals surface area (Å²) in [5.74, 6) is 0.539. The molecule has 1 aromatic carbocycles. The number of hydrogen-bond donors (Lipinski definition) is 1. The minimum Gasteiger partial charge on any atom is -0.481 e. The summed E-state index contributed by atoms with van der Waals surface area (Å²) in [6.45, 7) is 7.79. The van der Waals surface area contributed by atoms with Gasteiger partial charge in [-0.15, -0.1) is 6.58 Å². The minimum absolute atomic E-state index is 0.133. The fourth-order valence-electron chi connectivity index (χ4n) is 1.43. The summed E-state index contributed by atoms with van der Waals surface area (Å²) in [6, 6.07) is 5.32. The highest BCUT2D eigenvalue weighted by Gasteiger charge is 2.14. The largest absolute Gasteiger partial charge is 0.481 e. The van der Waals surface area contributed by atoms with Gasteiger partial charge in [0.2, 0.25) is 0 Å². The first kappa shape index (κ1) is 14.6. The molecule has 18 heavy (non-hydrogen) atoms. The van der Waals surface area contributed by atoms with Crippen molar-refractivity contribution in [3.8, 4) is 5.75 Å². The molecule has 0 aliphatic carbocycles. The van der Waals surface area contributed by atoms with Crippen LogP contribution in [0.4, 0.5) is 0 Å². The molecule has 0 fully saturated rings. The van der Waals surface area contributed by atoms with Crippen molar-refractivity contribution in [3.05, 3.63) is 41.4 Å². The zero-order chi connectivity index (χ0) is 13.5. The van der Waals surface area contributed by atoms with Gasteiger partial charge >= 0.3 is 0 Å². The Bertz CT molecular complexity index is 432. The molecule has 1 atom stereocenters. The average molecular weight is 268 g/mol. The second-order valence-corrected chi connectivity index (χ2v) is 4.47. The number of amides is 1.